The van der Waals surface area contributed by atoms with E-state index in [0.29, 0.717) is 26.1 Å². The van der Waals surface area contributed by atoms with E-state index in [-0.39, 0.29) is 17.5 Å². The highest BCUT2D eigenvalue weighted by molar-refractivity contribution is 7.98. The smallest absolute Gasteiger partial charge is 0.348 e. The van der Waals surface area contributed by atoms with Gasteiger partial charge in [-0.3, -0.25) is 14.4 Å². The molecule has 1 heterocycles. The second-order valence-electron chi connectivity index (χ2n) is 8.52. The molecule has 194 valence electrons. The number of nitrogens with zero attached hydrogens (tertiary/aromatic N) is 1. The maximum absolute atomic E-state index is 12.9. The maximum Gasteiger partial charge on any atom is 0.416 e. The SMILES string of the molecule is CSc1ccc(CNC2CCN(C(C)=O)CC2NC(=O)CNC(=O)c2cccc(C(F)(F)F)c2)cc1. The summed E-state index contributed by atoms with van der Waals surface area (Å²) in [6, 6.07) is 11.6. The van der Waals surface area contributed by atoms with Crippen molar-refractivity contribution in [3.8, 4) is 0 Å². The molecule has 2 atom stereocenters. The van der Waals surface area contributed by atoms with Crippen molar-refractivity contribution in [3.63, 3.8) is 0 Å². The molecule has 1 fully saturated rings. The summed E-state index contributed by atoms with van der Waals surface area (Å²) in [5, 5.41) is 8.67. The van der Waals surface area contributed by atoms with E-state index in [1.165, 1.54) is 13.0 Å². The predicted molar refractivity (Wildman–Crippen MR) is 131 cm³/mol. The summed E-state index contributed by atoms with van der Waals surface area (Å²) in [7, 11) is 0. The number of likely N-dealkylation sites (tertiary alicyclic amines) is 1. The second-order valence-corrected chi connectivity index (χ2v) is 9.40. The van der Waals surface area contributed by atoms with Gasteiger partial charge < -0.3 is 20.9 Å². The average molecular weight is 523 g/mol. The van der Waals surface area contributed by atoms with E-state index in [1.54, 1.807) is 16.7 Å². The molecular formula is C25H29F3N4O3S. The van der Waals surface area contributed by atoms with Crippen LogP contribution in [0.3, 0.4) is 0 Å². The fourth-order valence-electron chi connectivity index (χ4n) is 3.98. The largest absolute Gasteiger partial charge is 0.416 e. The highest BCUT2D eigenvalue weighted by Crippen LogP contribution is 2.29. The van der Waals surface area contributed by atoms with Crippen molar-refractivity contribution < 1.29 is 27.6 Å². The van der Waals surface area contributed by atoms with Gasteiger partial charge in [0.2, 0.25) is 11.8 Å². The standard InChI is InChI=1S/C25H29F3N4O3S/c1-16(33)32-11-10-21(29-13-17-6-8-20(36-2)9-7-17)22(15-32)31-23(34)14-30-24(35)18-4-3-5-19(12-18)25(26,27)28/h3-9,12,21-22,29H,10-11,13-15H2,1-2H3,(H,30,35)(H,31,34). The third-order valence-corrected chi connectivity index (χ3v) is 6.74. The molecule has 2 unspecified atom stereocenters. The van der Waals surface area contributed by atoms with Crippen LogP contribution in [-0.4, -0.2) is 60.6 Å². The third-order valence-electron chi connectivity index (χ3n) is 5.99. The Balaban J connectivity index is 1.58. The molecule has 1 aliphatic heterocycles. The van der Waals surface area contributed by atoms with Crippen molar-refractivity contribution in [1.29, 1.82) is 0 Å². The quantitative estimate of drug-likeness (QED) is 0.464. The summed E-state index contributed by atoms with van der Waals surface area (Å²) < 4.78 is 38.7. The van der Waals surface area contributed by atoms with Crippen molar-refractivity contribution in [2.75, 3.05) is 25.9 Å². The molecule has 0 saturated carbocycles. The fourth-order valence-corrected chi connectivity index (χ4v) is 4.39. The topological polar surface area (TPSA) is 90.5 Å². The first-order chi connectivity index (χ1) is 17.1. The number of benzene rings is 2. The van der Waals surface area contributed by atoms with Gasteiger partial charge in [0.15, 0.2) is 0 Å². The first-order valence-electron chi connectivity index (χ1n) is 11.4. The highest BCUT2D eigenvalue weighted by atomic mass is 32.2. The number of rotatable bonds is 8. The molecule has 0 aliphatic carbocycles. The van der Waals surface area contributed by atoms with Crippen LogP contribution in [0, 0.1) is 0 Å². The van der Waals surface area contributed by atoms with Gasteiger partial charge in [-0.2, -0.15) is 13.2 Å². The molecule has 3 N–H and O–H groups in total. The summed E-state index contributed by atoms with van der Waals surface area (Å²) in [5.41, 5.74) is -0.0477. The Bertz CT molecular complexity index is 1080. The Kier molecular flexibility index (Phi) is 9.38. The van der Waals surface area contributed by atoms with Crippen molar-refractivity contribution in [3.05, 3.63) is 65.2 Å². The van der Waals surface area contributed by atoms with Crippen LogP contribution in [0.15, 0.2) is 53.4 Å². The fraction of sp³-hybridized carbons (Fsp3) is 0.400. The summed E-state index contributed by atoms with van der Waals surface area (Å²) >= 11 is 1.66. The number of nitrogens with one attached hydrogen (secondary N) is 3. The third kappa shape index (κ3) is 7.72. The van der Waals surface area contributed by atoms with Crippen LogP contribution in [-0.2, 0) is 22.3 Å². The number of piperidine rings is 1. The molecule has 2 aromatic rings. The zero-order valence-electron chi connectivity index (χ0n) is 20.0. The van der Waals surface area contributed by atoms with Crippen molar-refractivity contribution >= 4 is 29.5 Å². The van der Waals surface area contributed by atoms with Gasteiger partial charge in [0, 0.05) is 43.1 Å². The minimum absolute atomic E-state index is 0.0989. The van der Waals surface area contributed by atoms with E-state index in [1.807, 2.05) is 30.5 Å². The van der Waals surface area contributed by atoms with E-state index < -0.39 is 36.1 Å². The zero-order chi connectivity index (χ0) is 26.3. The van der Waals surface area contributed by atoms with Gasteiger partial charge in [-0.1, -0.05) is 18.2 Å². The second kappa shape index (κ2) is 12.3. The summed E-state index contributed by atoms with van der Waals surface area (Å²) in [6.07, 6.45) is -1.94. The molecule has 0 radical (unpaired) electrons. The normalized spacial score (nSPS) is 18.0. The van der Waals surface area contributed by atoms with E-state index in [2.05, 4.69) is 16.0 Å². The molecule has 11 heteroatoms. The monoisotopic (exact) mass is 522 g/mol. The number of thioether (sulfide) groups is 1. The molecule has 3 amide bonds. The molecule has 0 spiro atoms. The summed E-state index contributed by atoms with van der Waals surface area (Å²) in [6.45, 7) is 2.50. The number of carbonyl (C=O) groups is 3. The lowest BCUT2D eigenvalue weighted by Gasteiger charge is -2.39. The Morgan fingerprint density at radius 1 is 1.08 bits per heavy atom. The van der Waals surface area contributed by atoms with Crippen LogP contribution in [0.5, 0.6) is 0 Å². The Morgan fingerprint density at radius 3 is 2.44 bits per heavy atom. The molecule has 1 aliphatic rings. The minimum Gasteiger partial charge on any atom is -0.348 e. The van der Waals surface area contributed by atoms with Crippen molar-refractivity contribution in [1.82, 2.24) is 20.9 Å². The molecule has 0 aromatic heterocycles. The first-order valence-corrected chi connectivity index (χ1v) is 12.7. The van der Waals surface area contributed by atoms with Crippen LogP contribution in [0.25, 0.3) is 0 Å². The number of carbonyl (C=O) groups excluding carboxylic acids is 3. The van der Waals surface area contributed by atoms with Gasteiger partial charge in [-0.05, 0) is 48.6 Å². The van der Waals surface area contributed by atoms with E-state index in [0.717, 1.165) is 28.7 Å². The molecule has 36 heavy (non-hydrogen) atoms. The van der Waals surface area contributed by atoms with E-state index >= 15 is 0 Å². The lowest BCUT2D eigenvalue weighted by atomic mass is 9.98. The van der Waals surface area contributed by atoms with Gasteiger partial charge in [-0.15, -0.1) is 11.8 Å². The Labute approximate surface area is 212 Å². The van der Waals surface area contributed by atoms with Gasteiger partial charge in [-0.25, -0.2) is 0 Å². The minimum atomic E-state index is -4.57. The van der Waals surface area contributed by atoms with Crippen LogP contribution in [0.1, 0.15) is 34.8 Å². The number of amides is 3. The van der Waals surface area contributed by atoms with Crippen LogP contribution >= 0.6 is 11.8 Å². The van der Waals surface area contributed by atoms with E-state index in [4.69, 9.17) is 0 Å². The summed E-state index contributed by atoms with van der Waals surface area (Å²) in [4.78, 5) is 39.6. The molecule has 3 rings (SSSR count). The molecule has 1 saturated heterocycles. The van der Waals surface area contributed by atoms with Gasteiger partial charge in [0.05, 0.1) is 18.2 Å². The van der Waals surface area contributed by atoms with Gasteiger partial charge in [0.25, 0.3) is 5.91 Å². The maximum atomic E-state index is 12.9. The van der Waals surface area contributed by atoms with Gasteiger partial charge >= 0.3 is 6.18 Å². The van der Waals surface area contributed by atoms with Crippen LogP contribution < -0.4 is 16.0 Å². The molecule has 2 aromatic carbocycles. The van der Waals surface area contributed by atoms with Crippen molar-refractivity contribution in [2.24, 2.45) is 0 Å². The lowest BCUT2D eigenvalue weighted by molar-refractivity contribution is -0.137. The predicted octanol–water partition coefficient (Wildman–Crippen LogP) is 3.05. The molecule has 7 nitrogen and oxygen atoms in total. The van der Waals surface area contributed by atoms with E-state index in [9.17, 15) is 27.6 Å². The molecule has 0 bridgehead atoms. The lowest BCUT2D eigenvalue weighted by Crippen LogP contribution is -2.61. The summed E-state index contributed by atoms with van der Waals surface area (Å²) in [5.74, 6) is -1.38. The average Bonchev–Trinajstić information content (AvgIpc) is 2.86. The zero-order valence-corrected chi connectivity index (χ0v) is 20.8. The Hall–Kier alpha value is -3.05. The first kappa shape index (κ1) is 27.5. The number of hydrogen-bond donors (Lipinski definition) is 3. The van der Waals surface area contributed by atoms with Gasteiger partial charge in [0.1, 0.15) is 0 Å². The number of halogens is 3. The van der Waals surface area contributed by atoms with Crippen LogP contribution in [0.4, 0.5) is 13.2 Å². The highest BCUT2D eigenvalue weighted by Gasteiger charge is 2.32. The Morgan fingerprint density at radius 2 is 1.81 bits per heavy atom. The molecular weight excluding hydrogens is 493 g/mol. The number of alkyl halides is 3. The van der Waals surface area contributed by atoms with Crippen LogP contribution in [0.2, 0.25) is 0 Å². The number of hydrogen-bond acceptors (Lipinski definition) is 5. The van der Waals surface area contributed by atoms with Crippen molar-refractivity contribution in [2.45, 2.75) is 43.0 Å².